The van der Waals surface area contributed by atoms with E-state index in [4.69, 9.17) is 0 Å². The van der Waals surface area contributed by atoms with Crippen LogP contribution in [0.3, 0.4) is 0 Å². The standard InChI is InChI=1S/C14H11NO2S/c1-17-14(16)9-5-8-13-15-12(10-18-13)11-6-3-2-4-7-11/h2-4,6-7,10H,8H2,1H3. The minimum absolute atomic E-state index is 0.465. The van der Waals surface area contributed by atoms with Crippen LogP contribution in [-0.4, -0.2) is 18.1 Å². The molecule has 3 nitrogen and oxygen atoms in total. The highest BCUT2D eigenvalue weighted by molar-refractivity contribution is 7.10. The molecule has 0 saturated carbocycles. The van der Waals surface area contributed by atoms with Crippen molar-refractivity contribution in [1.29, 1.82) is 0 Å². The average molecular weight is 257 g/mol. The second kappa shape index (κ2) is 5.99. The Labute approximate surface area is 109 Å². The SMILES string of the molecule is COC(=O)C#CCc1nc(-c2ccccc2)cs1. The third-order valence-corrected chi connectivity index (χ3v) is 3.09. The van der Waals surface area contributed by atoms with Crippen molar-refractivity contribution in [3.05, 3.63) is 40.7 Å². The fraction of sp³-hybridized carbons (Fsp3) is 0.143. The summed E-state index contributed by atoms with van der Waals surface area (Å²) in [6, 6.07) is 9.95. The Bertz CT molecular complexity index is 593. The molecule has 0 unspecified atom stereocenters. The first-order valence-corrected chi connectivity index (χ1v) is 6.24. The van der Waals surface area contributed by atoms with Crippen LogP contribution in [0.25, 0.3) is 11.3 Å². The lowest BCUT2D eigenvalue weighted by Crippen LogP contribution is -1.94. The van der Waals surface area contributed by atoms with Crippen LogP contribution in [0.1, 0.15) is 5.01 Å². The third-order valence-electron chi connectivity index (χ3n) is 2.24. The quantitative estimate of drug-likeness (QED) is 0.471. The summed E-state index contributed by atoms with van der Waals surface area (Å²) in [4.78, 5) is 15.3. The molecule has 1 aromatic carbocycles. The van der Waals surface area contributed by atoms with E-state index in [-0.39, 0.29) is 0 Å². The summed E-state index contributed by atoms with van der Waals surface area (Å²) in [5.41, 5.74) is 2.02. The maximum Gasteiger partial charge on any atom is 0.384 e. The zero-order valence-corrected chi connectivity index (χ0v) is 10.7. The molecule has 0 N–H and O–H groups in total. The summed E-state index contributed by atoms with van der Waals surface area (Å²) in [6.45, 7) is 0. The van der Waals surface area contributed by atoms with E-state index in [1.165, 1.54) is 18.4 Å². The summed E-state index contributed by atoms with van der Waals surface area (Å²) >= 11 is 1.54. The lowest BCUT2D eigenvalue weighted by atomic mass is 10.2. The van der Waals surface area contributed by atoms with Crippen LogP contribution >= 0.6 is 11.3 Å². The van der Waals surface area contributed by atoms with E-state index in [1.54, 1.807) is 0 Å². The van der Waals surface area contributed by atoms with Gasteiger partial charge in [0.25, 0.3) is 0 Å². The average Bonchev–Trinajstić information content (AvgIpc) is 2.88. The van der Waals surface area contributed by atoms with E-state index in [2.05, 4.69) is 21.6 Å². The van der Waals surface area contributed by atoms with Gasteiger partial charge in [-0.15, -0.1) is 11.3 Å². The first-order valence-electron chi connectivity index (χ1n) is 5.36. The van der Waals surface area contributed by atoms with Crippen molar-refractivity contribution in [2.45, 2.75) is 6.42 Å². The van der Waals surface area contributed by atoms with Crippen molar-refractivity contribution in [2.75, 3.05) is 7.11 Å². The molecule has 0 atom stereocenters. The second-order valence-corrected chi connectivity index (χ2v) is 4.41. The van der Waals surface area contributed by atoms with Gasteiger partial charge in [0.05, 0.1) is 19.2 Å². The molecule has 1 heterocycles. The molecule has 0 spiro atoms. The van der Waals surface area contributed by atoms with Gasteiger partial charge < -0.3 is 4.74 Å². The molecular weight excluding hydrogens is 246 g/mol. The van der Waals surface area contributed by atoms with Crippen LogP contribution < -0.4 is 0 Å². The van der Waals surface area contributed by atoms with Crippen molar-refractivity contribution in [3.63, 3.8) is 0 Å². The van der Waals surface area contributed by atoms with Gasteiger partial charge >= 0.3 is 5.97 Å². The molecule has 90 valence electrons. The summed E-state index contributed by atoms with van der Waals surface area (Å²) in [6.07, 6.45) is 0.465. The fourth-order valence-corrected chi connectivity index (χ4v) is 2.12. The van der Waals surface area contributed by atoms with E-state index < -0.39 is 5.97 Å². The lowest BCUT2D eigenvalue weighted by Gasteiger charge is -1.93. The van der Waals surface area contributed by atoms with E-state index in [1.807, 2.05) is 35.7 Å². The van der Waals surface area contributed by atoms with Crippen molar-refractivity contribution in [3.8, 4) is 23.1 Å². The molecule has 18 heavy (non-hydrogen) atoms. The molecule has 2 rings (SSSR count). The largest absolute Gasteiger partial charge is 0.459 e. The summed E-state index contributed by atoms with van der Waals surface area (Å²) in [7, 11) is 1.31. The molecule has 0 radical (unpaired) electrons. The van der Waals surface area contributed by atoms with Crippen molar-refractivity contribution in [1.82, 2.24) is 4.98 Å². The Hall–Kier alpha value is -2.12. The highest BCUT2D eigenvalue weighted by Gasteiger charge is 2.02. The fourth-order valence-electron chi connectivity index (χ4n) is 1.38. The predicted octanol–water partition coefficient (Wildman–Crippen LogP) is 2.53. The zero-order valence-electron chi connectivity index (χ0n) is 9.84. The second-order valence-electron chi connectivity index (χ2n) is 3.46. The number of ether oxygens (including phenoxy) is 1. The van der Waals surface area contributed by atoms with Crippen LogP contribution in [-0.2, 0) is 16.0 Å². The predicted molar refractivity (Wildman–Crippen MR) is 71.0 cm³/mol. The Morgan fingerprint density at radius 2 is 2.17 bits per heavy atom. The van der Waals surface area contributed by atoms with Crippen LogP contribution in [0.4, 0.5) is 0 Å². The van der Waals surface area contributed by atoms with Gasteiger partial charge in [0.2, 0.25) is 0 Å². The lowest BCUT2D eigenvalue weighted by molar-refractivity contribution is -0.133. The summed E-state index contributed by atoms with van der Waals surface area (Å²) in [5.74, 6) is 4.61. The topological polar surface area (TPSA) is 39.2 Å². The normalized spacial score (nSPS) is 9.39. The third kappa shape index (κ3) is 3.19. The number of aromatic nitrogens is 1. The van der Waals surface area contributed by atoms with Crippen LogP contribution in [0.15, 0.2) is 35.7 Å². The molecule has 0 bridgehead atoms. The number of thiazole rings is 1. The van der Waals surface area contributed by atoms with Gasteiger partial charge in [-0.05, 0) is 0 Å². The number of esters is 1. The van der Waals surface area contributed by atoms with Crippen LogP contribution in [0.5, 0.6) is 0 Å². The number of hydrogen-bond acceptors (Lipinski definition) is 4. The van der Waals surface area contributed by atoms with Gasteiger partial charge in [-0.25, -0.2) is 9.78 Å². The molecule has 2 aromatic rings. The molecule has 0 saturated heterocycles. The van der Waals surface area contributed by atoms with E-state index in [0.29, 0.717) is 6.42 Å². The highest BCUT2D eigenvalue weighted by Crippen LogP contribution is 2.21. The minimum Gasteiger partial charge on any atom is -0.459 e. The van der Waals surface area contributed by atoms with Gasteiger partial charge in [-0.1, -0.05) is 36.3 Å². The van der Waals surface area contributed by atoms with Crippen molar-refractivity contribution in [2.24, 2.45) is 0 Å². The highest BCUT2D eigenvalue weighted by atomic mass is 32.1. The monoisotopic (exact) mass is 257 g/mol. The smallest absolute Gasteiger partial charge is 0.384 e. The minimum atomic E-state index is -0.519. The first-order chi connectivity index (χ1) is 8.79. The van der Waals surface area contributed by atoms with E-state index in [0.717, 1.165) is 16.3 Å². The number of nitrogens with zero attached hydrogens (tertiary/aromatic N) is 1. The number of benzene rings is 1. The Kier molecular flexibility index (Phi) is 4.11. The van der Waals surface area contributed by atoms with E-state index >= 15 is 0 Å². The molecule has 1 aromatic heterocycles. The Morgan fingerprint density at radius 1 is 1.39 bits per heavy atom. The summed E-state index contributed by atoms with van der Waals surface area (Å²) < 4.78 is 4.43. The van der Waals surface area contributed by atoms with Crippen molar-refractivity contribution >= 4 is 17.3 Å². The van der Waals surface area contributed by atoms with Gasteiger partial charge in [-0.3, -0.25) is 0 Å². The molecule has 0 fully saturated rings. The Morgan fingerprint density at radius 3 is 2.89 bits per heavy atom. The Balaban J connectivity index is 2.07. The number of carbonyl (C=O) groups is 1. The maximum atomic E-state index is 10.8. The number of rotatable bonds is 2. The number of hydrogen-bond donors (Lipinski definition) is 0. The maximum absolute atomic E-state index is 10.8. The molecule has 0 aliphatic heterocycles. The molecule has 0 aliphatic carbocycles. The molecule has 0 amide bonds. The molecular formula is C14H11NO2S. The van der Waals surface area contributed by atoms with Crippen LogP contribution in [0.2, 0.25) is 0 Å². The summed E-state index contributed by atoms with van der Waals surface area (Å²) in [5, 5.41) is 2.88. The number of methoxy groups -OCH3 is 1. The van der Waals surface area contributed by atoms with E-state index in [9.17, 15) is 4.79 Å². The first kappa shape index (κ1) is 12.3. The van der Waals surface area contributed by atoms with Crippen LogP contribution in [0, 0.1) is 11.8 Å². The van der Waals surface area contributed by atoms with Gasteiger partial charge in [0.1, 0.15) is 5.01 Å². The zero-order chi connectivity index (χ0) is 12.8. The molecule has 4 heteroatoms. The van der Waals surface area contributed by atoms with Gasteiger partial charge in [0.15, 0.2) is 0 Å². The molecule has 0 aliphatic rings. The van der Waals surface area contributed by atoms with Crippen molar-refractivity contribution < 1.29 is 9.53 Å². The number of carbonyl (C=O) groups excluding carboxylic acids is 1. The van der Waals surface area contributed by atoms with Gasteiger partial charge in [0, 0.05) is 16.9 Å². The van der Waals surface area contributed by atoms with Gasteiger partial charge in [-0.2, -0.15) is 0 Å².